The van der Waals surface area contributed by atoms with Gasteiger partial charge in [-0.3, -0.25) is 0 Å². The van der Waals surface area contributed by atoms with Gasteiger partial charge in [0.05, 0.1) is 5.69 Å². The van der Waals surface area contributed by atoms with Crippen molar-refractivity contribution >= 4 is 15.7 Å². The number of halogens is 5. The summed E-state index contributed by atoms with van der Waals surface area (Å²) in [5.41, 5.74) is -0.673. The van der Waals surface area contributed by atoms with E-state index >= 15 is 0 Å². The first kappa shape index (κ1) is 19.1. The van der Waals surface area contributed by atoms with E-state index in [1.807, 2.05) is 0 Å². The number of sulfonamides is 1. The topological polar surface area (TPSA) is 49.4 Å². The minimum atomic E-state index is -4.62. The van der Waals surface area contributed by atoms with Gasteiger partial charge in [0, 0.05) is 20.6 Å². The van der Waals surface area contributed by atoms with Gasteiger partial charge < -0.3 is 5.32 Å². The summed E-state index contributed by atoms with van der Waals surface area (Å²) in [6, 6.07) is 4.79. The van der Waals surface area contributed by atoms with E-state index in [2.05, 4.69) is 5.32 Å². The fourth-order valence-electron chi connectivity index (χ4n) is 1.99. The van der Waals surface area contributed by atoms with Gasteiger partial charge in [0.2, 0.25) is 10.0 Å². The molecule has 0 radical (unpaired) electrons. The van der Waals surface area contributed by atoms with Gasteiger partial charge in [-0.2, -0.15) is 0 Å². The van der Waals surface area contributed by atoms with Crippen molar-refractivity contribution in [2.45, 2.75) is 11.4 Å². The summed E-state index contributed by atoms with van der Waals surface area (Å²) in [6.45, 7) is -0.280. The highest BCUT2D eigenvalue weighted by molar-refractivity contribution is 7.89. The smallest absolute Gasteiger partial charge is 0.247 e. The summed E-state index contributed by atoms with van der Waals surface area (Å²) >= 11 is 0. The van der Waals surface area contributed by atoms with Crippen molar-refractivity contribution in [2.75, 3.05) is 19.4 Å². The van der Waals surface area contributed by atoms with Crippen LogP contribution >= 0.6 is 0 Å². The Balaban J connectivity index is 2.57. The number of rotatable bonds is 5. The third kappa shape index (κ3) is 3.59. The van der Waals surface area contributed by atoms with Crippen molar-refractivity contribution in [3.8, 4) is 0 Å². The molecule has 0 bridgehead atoms. The molecule has 0 heterocycles. The zero-order chi connectivity index (χ0) is 18.9. The van der Waals surface area contributed by atoms with Crippen molar-refractivity contribution in [2.24, 2.45) is 0 Å². The van der Waals surface area contributed by atoms with E-state index in [0.29, 0.717) is 9.87 Å². The molecule has 136 valence electrons. The van der Waals surface area contributed by atoms with E-state index in [-0.39, 0.29) is 6.54 Å². The Morgan fingerprint density at radius 2 is 1.40 bits per heavy atom. The van der Waals surface area contributed by atoms with Gasteiger partial charge in [0.1, 0.15) is 10.7 Å². The lowest BCUT2D eigenvalue weighted by molar-refractivity contribution is 0.396. The lowest BCUT2D eigenvalue weighted by Crippen LogP contribution is -2.26. The Kier molecular flexibility index (Phi) is 5.33. The third-order valence-corrected chi connectivity index (χ3v) is 5.21. The molecule has 2 aromatic carbocycles. The number of hydrogen-bond donors (Lipinski definition) is 1. The van der Waals surface area contributed by atoms with E-state index in [0.717, 1.165) is 26.2 Å². The molecule has 10 heteroatoms. The highest BCUT2D eigenvalue weighted by Crippen LogP contribution is 2.33. The molecule has 25 heavy (non-hydrogen) atoms. The molecule has 0 aromatic heterocycles. The molecular formula is C15H13F5N2O2S. The van der Waals surface area contributed by atoms with Crippen LogP contribution < -0.4 is 5.32 Å². The van der Waals surface area contributed by atoms with Crippen LogP contribution in [-0.4, -0.2) is 26.8 Å². The highest BCUT2D eigenvalue weighted by atomic mass is 32.2. The zero-order valence-corrected chi connectivity index (χ0v) is 13.9. The second-order valence-corrected chi connectivity index (χ2v) is 7.32. The van der Waals surface area contributed by atoms with Gasteiger partial charge in [-0.05, 0) is 17.7 Å². The molecule has 1 N–H and O–H groups in total. The lowest BCUT2D eigenvalue weighted by Gasteiger charge is -2.18. The lowest BCUT2D eigenvalue weighted by atomic mass is 10.2. The molecule has 0 saturated carbocycles. The van der Waals surface area contributed by atoms with Crippen molar-refractivity contribution < 1.29 is 30.4 Å². The Morgan fingerprint density at radius 3 is 1.92 bits per heavy atom. The van der Waals surface area contributed by atoms with Gasteiger partial charge in [-0.1, -0.05) is 12.1 Å². The maximum atomic E-state index is 14.1. The van der Waals surface area contributed by atoms with E-state index in [9.17, 15) is 30.4 Å². The fourth-order valence-corrected chi connectivity index (χ4v) is 3.09. The average Bonchev–Trinajstić information content (AvgIpc) is 2.56. The Hall–Kier alpha value is -2.20. The maximum absolute atomic E-state index is 14.1. The van der Waals surface area contributed by atoms with Crippen LogP contribution in [0, 0.1) is 29.1 Å². The molecule has 0 saturated heterocycles. The van der Waals surface area contributed by atoms with Gasteiger partial charge in [-0.15, -0.1) is 0 Å². The van der Waals surface area contributed by atoms with Crippen molar-refractivity contribution in [1.82, 2.24) is 4.31 Å². The van der Waals surface area contributed by atoms with Crippen LogP contribution in [0.4, 0.5) is 27.6 Å². The normalized spacial score (nSPS) is 11.8. The number of anilines is 1. The SMILES string of the molecule is CN(C)S(=O)(=O)c1c(F)c(F)c(F)c(F)c1NCc1ccc(F)cc1. The van der Waals surface area contributed by atoms with Gasteiger partial charge in [-0.25, -0.2) is 34.7 Å². The van der Waals surface area contributed by atoms with Crippen LogP contribution in [0.15, 0.2) is 29.2 Å². The van der Waals surface area contributed by atoms with Gasteiger partial charge in [0.25, 0.3) is 0 Å². The fraction of sp³-hybridized carbons (Fsp3) is 0.200. The van der Waals surface area contributed by atoms with Crippen LogP contribution in [0.5, 0.6) is 0 Å². The summed E-state index contributed by atoms with van der Waals surface area (Å²) in [4.78, 5) is -1.35. The highest BCUT2D eigenvalue weighted by Gasteiger charge is 2.34. The molecule has 0 aliphatic carbocycles. The van der Waals surface area contributed by atoms with Crippen molar-refractivity contribution in [3.05, 3.63) is 58.9 Å². The number of nitrogens with zero attached hydrogens (tertiary/aromatic N) is 1. The summed E-state index contributed by atoms with van der Waals surface area (Å²) in [5, 5.41) is 2.24. The standard InChI is InChI=1S/C15H13F5N2O2S/c1-22(2)25(23,24)15-13(20)11(18)10(17)12(19)14(15)21-7-8-3-5-9(16)6-4-8/h3-6,21H,7H2,1-2H3. The van der Waals surface area contributed by atoms with E-state index in [4.69, 9.17) is 0 Å². The quantitative estimate of drug-likeness (QED) is 0.492. The first-order valence-corrected chi connectivity index (χ1v) is 8.28. The molecule has 0 spiro atoms. The Bertz CT molecular complexity index is 899. The zero-order valence-electron chi connectivity index (χ0n) is 13.1. The van der Waals surface area contributed by atoms with Gasteiger partial charge >= 0.3 is 0 Å². The van der Waals surface area contributed by atoms with E-state index in [1.165, 1.54) is 12.1 Å². The molecule has 0 aliphatic rings. The first-order chi connectivity index (χ1) is 11.6. The number of hydrogen-bond acceptors (Lipinski definition) is 3. The monoisotopic (exact) mass is 380 g/mol. The summed E-state index contributed by atoms with van der Waals surface area (Å²) < 4.78 is 92.9. The Labute approximate surface area is 140 Å². The molecule has 0 unspecified atom stereocenters. The van der Waals surface area contributed by atoms with Crippen LogP contribution in [0.25, 0.3) is 0 Å². The largest absolute Gasteiger partial charge is 0.377 e. The molecular weight excluding hydrogens is 367 g/mol. The maximum Gasteiger partial charge on any atom is 0.247 e. The summed E-state index contributed by atoms with van der Waals surface area (Å²) in [6.07, 6.45) is 0. The van der Waals surface area contributed by atoms with E-state index in [1.54, 1.807) is 0 Å². The molecule has 0 amide bonds. The Morgan fingerprint density at radius 1 is 0.880 bits per heavy atom. The number of nitrogens with one attached hydrogen (secondary N) is 1. The minimum absolute atomic E-state index is 0.280. The van der Waals surface area contributed by atoms with E-state index < -0.39 is 49.7 Å². The van der Waals surface area contributed by atoms with Crippen molar-refractivity contribution in [1.29, 1.82) is 0 Å². The summed E-state index contributed by atoms with van der Waals surface area (Å²) in [5.74, 6) is -8.82. The third-order valence-electron chi connectivity index (χ3n) is 3.35. The van der Waals surface area contributed by atoms with Gasteiger partial charge in [0.15, 0.2) is 23.3 Å². The number of benzene rings is 2. The predicted octanol–water partition coefficient (Wildman–Crippen LogP) is 3.24. The van der Waals surface area contributed by atoms with Crippen LogP contribution in [0.2, 0.25) is 0 Å². The first-order valence-electron chi connectivity index (χ1n) is 6.84. The second kappa shape index (κ2) is 6.96. The predicted molar refractivity (Wildman–Crippen MR) is 80.9 cm³/mol. The molecule has 4 nitrogen and oxygen atoms in total. The minimum Gasteiger partial charge on any atom is -0.377 e. The van der Waals surface area contributed by atoms with Crippen LogP contribution in [-0.2, 0) is 16.6 Å². The molecule has 0 fully saturated rings. The average molecular weight is 380 g/mol. The second-order valence-electron chi connectivity index (χ2n) is 5.23. The molecule has 0 aliphatic heterocycles. The summed E-state index contributed by atoms with van der Waals surface area (Å²) in [7, 11) is -2.57. The molecule has 2 aromatic rings. The van der Waals surface area contributed by atoms with Crippen LogP contribution in [0.1, 0.15) is 5.56 Å². The molecule has 0 atom stereocenters. The van der Waals surface area contributed by atoms with Crippen LogP contribution in [0.3, 0.4) is 0 Å². The van der Waals surface area contributed by atoms with Crippen molar-refractivity contribution in [3.63, 3.8) is 0 Å². The molecule has 2 rings (SSSR count).